The maximum absolute atomic E-state index is 12.3. The minimum atomic E-state index is -1.93. The van der Waals surface area contributed by atoms with Crippen LogP contribution in [0, 0.1) is 23.7 Å². The summed E-state index contributed by atoms with van der Waals surface area (Å²) in [5.74, 6) is 1.07. The molecule has 1 saturated heterocycles. The lowest BCUT2D eigenvalue weighted by Crippen LogP contribution is -2.47. The molecule has 31 heavy (non-hydrogen) atoms. The van der Waals surface area contributed by atoms with E-state index < -0.39 is 8.32 Å². The van der Waals surface area contributed by atoms with Gasteiger partial charge in [-0.15, -0.1) is 0 Å². The van der Waals surface area contributed by atoms with Crippen molar-refractivity contribution in [3.8, 4) is 0 Å². The summed E-state index contributed by atoms with van der Waals surface area (Å²) in [7, 11) is -1.93. The van der Waals surface area contributed by atoms with Gasteiger partial charge in [0.15, 0.2) is 8.32 Å². The number of carbonyl (C=O) groups excluding carboxylic acids is 1. The van der Waals surface area contributed by atoms with Crippen LogP contribution in [0.5, 0.6) is 0 Å². The number of hydrogen-bond donors (Lipinski definition) is 2. The van der Waals surface area contributed by atoms with Crippen molar-refractivity contribution < 1.29 is 24.2 Å². The van der Waals surface area contributed by atoms with Crippen molar-refractivity contribution in [2.75, 3.05) is 6.61 Å². The predicted molar refractivity (Wildman–Crippen MR) is 125 cm³/mol. The molecule has 0 unspecified atom stereocenters. The van der Waals surface area contributed by atoms with Crippen LogP contribution in [0.2, 0.25) is 18.1 Å². The summed E-state index contributed by atoms with van der Waals surface area (Å²) in [6, 6.07) is 0. The molecule has 1 heterocycles. The SMILES string of the molecule is C[C@H]1CCC2=C[C@H](CO)C[C@H](O)[C@@H]2[C@H]1CC[C@@H]1C[C@@H](O[Si](C)(C)C(C)(C)C)CC(=O)O1. The molecule has 6 heteroatoms. The molecule has 1 saturated carbocycles. The summed E-state index contributed by atoms with van der Waals surface area (Å²) < 4.78 is 12.3. The van der Waals surface area contributed by atoms with Crippen molar-refractivity contribution in [2.24, 2.45) is 23.7 Å². The summed E-state index contributed by atoms with van der Waals surface area (Å²) in [6.07, 6.45) is 7.42. The molecule has 0 aromatic heterocycles. The van der Waals surface area contributed by atoms with Crippen LogP contribution < -0.4 is 0 Å². The number of cyclic esters (lactones) is 1. The molecule has 5 nitrogen and oxygen atoms in total. The van der Waals surface area contributed by atoms with Gasteiger partial charge in [-0.25, -0.2) is 0 Å². The van der Waals surface area contributed by atoms with E-state index in [0.717, 1.165) is 32.1 Å². The molecule has 0 radical (unpaired) electrons. The highest BCUT2D eigenvalue weighted by Crippen LogP contribution is 2.47. The Morgan fingerprint density at radius 3 is 2.58 bits per heavy atom. The molecule has 0 aromatic carbocycles. The number of aliphatic hydroxyl groups excluding tert-OH is 2. The number of aliphatic hydroxyl groups is 2. The molecule has 0 bridgehead atoms. The normalized spacial score (nSPS) is 37.1. The van der Waals surface area contributed by atoms with Gasteiger partial charge in [0.25, 0.3) is 0 Å². The van der Waals surface area contributed by atoms with Gasteiger partial charge in [-0.3, -0.25) is 4.79 Å². The molecule has 1 aliphatic heterocycles. The number of ether oxygens (including phenoxy) is 1. The Bertz CT molecular complexity index is 667. The topological polar surface area (TPSA) is 76.0 Å². The molecule has 2 fully saturated rings. The summed E-state index contributed by atoms with van der Waals surface area (Å²) >= 11 is 0. The number of esters is 1. The average Bonchev–Trinajstić information content (AvgIpc) is 2.65. The number of rotatable bonds is 6. The van der Waals surface area contributed by atoms with Crippen molar-refractivity contribution in [3.63, 3.8) is 0 Å². The summed E-state index contributed by atoms with van der Waals surface area (Å²) in [5, 5.41) is 20.5. The van der Waals surface area contributed by atoms with E-state index in [0.29, 0.717) is 24.7 Å². The molecular weight excluding hydrogens is 408 g/mol. The molecule has 0 amide bonds. The maximum Gasteiger partial charge on any atom is 0.308 e. The van der Waals surface area contributed by atoms with Crippen LogP contribution in [-0.2, 0) is 14.0 Å². The molecule has 7 atom stereocenters. The van der Waals surface area contributed by atoms with E-state index >= 15 is 0 Å². The van der Waals surface area contributed by atoms with Gasteiger partial charge in [0, 0.05) is 24.9 Å². The highest BCUT2D eigenvalue weighted by Gasteiger charge is 2.43. The van der Waals surface area contributed by atoms with Crippen molar-refractivity contribution in [1.82, 2.24) is 0 Å². The number of fused-ring (bicyclic) bond motifs is 1. The fourth-order valence-corrected chi connectivity index (χ4v) is 7.00. The Labute approximate surface area is 189 Å². The summed E-state index contributed by atoms with van der Waals surface area (Å²) in [6.45, 7) is 13.6. The van der Waals surface area contributed by atoms with Gasteiger partial charge >= 0.3 is 5.97 Å². The smallest absolute Gasteiger partial charge is 0.308 e. The average molecular weight is 453 g/mol. The van der Waals surface area contributed by atoms with Crippen LogP contribution in [0.25, 0.3) is 0 Å². The second-order valence-corrected chi connectivity index (χ2v) is 16.6. The largest absolute Gasteiger partial charge is 0.462 e. The Balaban J connectivity index is 1.63. The van der Waals surface area contributed by atoms with Crippen molar-refractivity contribution in [3.05, 3.63) is 11.6 Å². The third kappa shape index (κ3) is 5.81. The molecular formula is C25H44O5Si. The zero-order valence-electron chi connectivity index (χ0n) is 20.4. The third-order valence-corrected chi connectivity index (χ3v) is 13.0. The van der Waals surface area contributed by atoms with Crippen LogP contribution >= 0.6 is 0 Å². The first-order valence-corrected chi connectivity index (χ1v) is 15.2. The Morgan fingerprint density at radius 2 is 1.94 bits per heavy atom. The lowest BCUT2D eigenvalue weighted by molar-refractivity contribution is -0.160. The standard InChI is InChI=1S/C25H44O5Si/c1-16-7-8-18-11-17(15-26)12-22(27)24(18)21(16)10-9-19-13-20(14-23(28)29-19)30-31(5,6)25(2,3)4/h11,16-17,19-22,24,26-27H,7-10,12-15H2,1-6H3/t16-,17-,19+,20+,21-,22-,24-/m0/s1. The molecule has 2 aliphatic carbocycles. The van der Waals surface area contributed by atoms with Crippen molar-refractivity contribution in [1.29, 1.82) is 0 Å². The molecule has 2 N–H and O–H groups in total. The Hall–Kier alpha value is -0.693. The van der Waals surface area contributed by atoms with Crippen molar-refractivity contribution >= 4 is 14.3 Å². The van der Waals surface area contributed by atoms with Crippen molar-refractivity contribution in [2.45, 2.75) is 109 Å². The maximum atomic E-state index is 12.3. The summed E-state index contributed by atoms with van der Waals surface area (Å²) in [5.41, 5.74) is 1.33. The minimum Gasteiger partial charge on any atom is -0.462 e. The van der Waals surface area contributed by atoms with E-state index in [-0.39, 0.29) is 47.8 Å². The highest BCUT2D eigenvalue weighted by atomic mass is 28.4. The van der Waals surface area contributed by atoms with E-state index in [2.05, 4.69) is 46.9 Å². The van der Waals surface area contributed by atoms with Crippen LogP contribution in [0.4, 0.5) is 0 Å². The molecule has 3 aliphatic rings. The van der Waals surface area contributed by atoms with Gasteiger partial charge in [-0.1, -0.05) is 39.3 Å². The quantitative estimate of drug-likeness (QED) is 0.343. The fraction of sp³-hybridized carbons (Fsp3) is 0.880. The van der Waals surface area contributed by atoms with E-state index in [9.17, 15) is 15.0 Å². The molecule has 3 rings (SSSR count). The Kier molecular flexibility index (Phi) is 7.77. The first-order chi connectivity index (χ1) is 14.4. The monoisotopic (exact) mass is 452 g/mol. The first kappa shape index (κ1) is 24.9. The zero-order valence-corrected chi connectivity index (χ0v) is 21.4. The lowest BCUT2D eigenvalue weighted by atomic mass is 9.62. The minimum absolute atomic E-state index is 0.0445. The van der Waals surface area contributed by atoms with Crippen LogP contribution in [0.15, 0.2) is 11.6 Å². The van der Waals surface area contributed by atoms with E-state index in [1.165, 1.54) is 5.57 Å². The lowest BCUT2D eigenvalue weighted by Gasteiger charge is -2.45. The van der Waals surface area contributed by atoms with Gasteiger partial charge in [0.1, 0.15) is 6.10 Å². The zero-order chi connectivity index (χ0) is 23.0. The highest BCUT2D eigenvalue weighted by molar-refractivity contribution is 6.74. The predicted octanol–water partition coefficient (Wildman–Crippen LogP) is 4.82. The van der Waals surface area contributed by atoms with Gasteiger partial charge in [-0.2, -0.15) is 0 Å². The van der Waals surface area contributed by atoms with Gasteiger partial charge in [0.2, 0.25) is 0 Å². The number of hydrogen-bond acceptors (Lipinski definition) is 5. The van der Waals surface area contributed by atoms with E-state index in [4.69, 9.17) is 9.16 Å². The van der Waals surface area contributed by atoms with Gasteiger partial charge in [0.05, 0.1) is 18.6 Å². The molecule has 0 spiro atoms. The Morgan fingerprint density at radius 1 is 1.23 bits per heavy atom. The summed E-state index contributed by atoms with van der Waals surface area (Å²) in [4.78, 5) is 12.3. The second-order valence-electron chi connectivity index (χ2n) is 11.8. The van der Waals surface area contributed by atoms with Crippen LogP contribution in [0.1, 0.15) is 72.6 Å². The van der Waals surface area contributed by atoms with Gasteiger partial charge < -0.3 is 19.4 Å². The molecule has 0 aromatic rings. The van der Waals surface area contributed by atoms with Crippen LogP contribution in [-0.4, -0.2) is 49.4 Å². The molecule has 178 valence electrons. The van der Waals surface area contributed by atoms with E-state index in [1.807, 2.05) is 0 Å². The first-order valence-electron chi connectivity index (χ1n) is 12.3. The van der Waals surface area contributed by atoms with Gasteiger partial charge in [-0.05, 0) is 62.1 Å². The number of carbonyl (C=O) groups is 1. The van der Waals surface area contributed by atoms with E-state index in [1.54, 1.807) is 0 Å². The third-order valence-electron chi connectivity index (χ3n) is 8.46. The fourth-order valence-electron chi connectivity index (χ4n) is 5.63. The van der Waals surface area contributed by atoms with Crippen LogP contribution in [0.3, 0.4) is 0 Å². The second kappa shape index (κ2) is 9.66.